The number of fused-ring (bicyclic) bond motifs is 1. The molecule has 0 spiro atoms. The molecule has 0 radical (unpaired) electrons. The monoisotopic (exact) mass is 400 g/mol. The first kappa shape index (κ1) is 18.1. The highest BCUT2D eigenvalue weighted by molar-refractivity contribution is 6.39. The van der Waals surface area contributed by atoms with E-state index in [2.05, 4.69) is 11.2 Å². The third kappa shape index (κ3) is 3.03. The average Bonchev–Trinajstić information content (AvgIpc) is 3.02. The molecule has 0 N–H and O–H groups in total. The molecular formula is C21H18Cl2N2O2. The zero-order chi connectivity index (χ0) is 19.1. The van der Waals surface area contributed by atoms with Crippen molar-refractivity contribution < 1.29 is 9.32 Å². The second-order valence-corrected chi connectivity index (χ2v) is 7.52. The normalized spacial score (nSPS) is 13.6. The average molecular weight is 401 g/mol. The topological polar surface area (TPSA) is 46.3 Å². The van der Waals surface area contributed by atoms with E-state index in [0.29, 0.717) is 39.2 Å². The molecule has 1 aliphatic heterocycles. The molecule has 1 amide bonds. The second-order valence-electron chi connectivity index (χ2n) is 6.70. The van der Waals surface area contributed by atoms with E-state index in [1.54, 1.807) is 25.1 Å². The number of anilines is 1. The first-order valence-corrected chi connectivity index (χ1v) is 9.55. The third-order valence-electron chi connectivity index (χ3n) is 4.94. The number of carbonyl (C=O) groups excluding carboxylic acids is 1. The maximum absolute atomic E-state index is 13.6. The Morgan fingerprint density at radius 2 is 1.81 bits per heavy atom. The number of amides is 1. The molecule has 3 aromatic rings. The van der Waals surface area contributed by atoms with Crippen molar-refractivity contribution in [2.45, 2.75) is 26.7 Å². The molecule has 27 heavy (non-hydrogen) atoms. The van der Waals surface area contributed by atoms with Gasteiger partial charge in [-0.3, -0.25) is 4.79 Å². The molecule has 1 aromatic heterocycles. The number of hydrogen-bond acceptors (Lipinski definition) is 3. The van der Waals surface area contributed by atoms with Crippen LogP contribution in [0.2, 0.25) is 10.0 Å². The fourth-order valence-corrected chi connectivity index (χ4v) is 4.28. The Hall–Kier alpha value is -2.30. The van der Waals surface area contributed by atoms with Crippen LogP contribution < -0.4 is 4.90 Å². The molecule has 0 aliphatic carbocycles. The summed E-state index contributed by atoms with van der Waals surface area (Å²) in [6, 6.07) is 11.3. The van der Waals surface area contributed by atoms with E-state index in [-0.39, 0.29) is 5.91 Å². The molecule has 6 heteroatoms. The minimum Gasteiger partial charge on any atom is -0.360 e. The van der Waals surface area contributed by atoms with Crippen molar-refractivity contribution >= 4 is 34.8 Å². The van der Waals surface area contributed by atoms with Crippen molar-refractivity contribution in [1.82, 2.24) is 5.16 Å². The van der Waals surface area contributed by atoms with Gasteiger partial charge in [-0.1, -0.05) is 52.6 Å². The summed E-state index contributed by atoms with van der Waals surface area (Å²) in [5, 5.41) is 4.97. The summed E-state index contributed by atoms with van der Waals surface area (Å²) < 4.78 is 5.38. The SMILES string of the molecule is Cc1cccc2c1N(C(=O)c1c(-c3c(Cl)cccc3Cl)noc1C)CCC2. The van der Waals surface area contributed by atoms with E-state index in [1.165, 1.54) is 5.56 Å². The van der Waals surface area contributed by atoms with Crippen molar-refractivity contribution in [3.8, 4) is 11.3 Å². The van der Waals surface area contributed by atoms with Gasteiger partial charge in [0.15, 0.2) is 0 Å². The van der Waals surface area contributed by atoms with Crippen LogP contribution in [-0.2, 0) is 6.42 Å². The summed E-state index contributed by atoms with van der Waals surface area (Å²) in [5.41, 5.74) is 4.54. The quantitative estimate of drug-likeness (QED) is 0.541. The van der Waals surface area contributed by atoms with Crippen LogP contribution in [0.4, 0.5) is 5.69 Å². The number of carbonyl (C=O) groups is 1. The zero-order valence-corrected chi connectivity index (χ0v) is 16.6. The second kappa shape index (κ2) is 7.02. The molecule has 0 saturated carbocycles. The Labute approximate surface area is 167 Å². The van der Waals surface area contributed by atoms with E-state index in [9.17, 15) is 4.79 Å². The van der Waals surface area contributed by atoms with Gasteiger partial charge in [-0.25, -0.2) is 0 Å². The van der Waals surface area contributed by atoms with E-state index < -0.39 is 0 Å². The number of aryl methyl sites for hydroxylation is 3. The fourth-order valence-electron chi connectivity index (χ4n) is 3.70. The van der Waals surface area contributed by atoms with Crippen molar-refractivity contribution in [3.63, 3.8) is 0 Å². The standard InChI is InChI=1S/C21H18Cl2N2O2/c1-12-6-3-7-14-8-5-11-25(20(12)14)21(26)17-13(2)27-24-19(17)18-15(22)9-4-10-16(18)23/h3-4,6-7,9-10H,5,8,11H2,1-2H3. The van der Waals surface area contributed by atoms with E-state index in [0.717, 1.165) is 24.1 Å². The summed E-state index contributed by atoms with van der Waals surface area (Å²) in [7, 11) is 0. The van der Waals surface area contributed by atoms with Crippen molar-refractivity contribution in [2.24, 2.45) is 0 Å². The highest BCUT2D eigenvalue weighted by Crippen LogP contribution is 2.39. The largest absolute Gasteiger partial charge is 0.360 e. The third-order valence-corrected chi connectivity index (χ3v) is 5.57. The van der Waals surface area contributed by atoms with Gasteiger partial charge >= 0.3 is 0 Å². The highest BCUT2D eigenvalue weighted by atomic mass is 35.5. The van der Waals surface area contributed by atoms with Gasteiger partial charge in [0, 0.05) is 12.1 Å². The van der Waals surface area contributed by atoms with E-state index >= 15 is 0 Å². The summed E-state index contributed by atoms with van der Waals surface area (Å²) >= 11 is 12.7. The fraction of sp³-hybridized carbons (Fsp3) is 0.238. The molecule has 0 bridgehead atoms. The van der Waals surface area contributed by atoms with Gasteiger partial charge in [-0.05, 0) is 49.9 Å². The van der Waals surface area contributed by atoms with Gasteiger partial charge in [0.05, 0.1) is 15.7 Å². The lowest BCUT2D eigenvalue weighted by Crippen LogP contribution is -2.36. The van der Waals surface area contributed by atoms with Crippen molar-refractivity contribution in [1.29, 1.82) is 0 Å². The van der Waals surface area contributed by atoms with Gasteiger partial charge in [0.1, 0.15) is 17.0 Å². The number of hydrogen-bond donors (Lipinski definition) is 0. The van der Waals surface area contributed by atoms with Crippen LogP contribution in [0.1, 0.15) is 33.7 Å². The first-order valence-electron chi connectivity index (χ1n) is 8.80. The zero-order valence-electron chi connectivity index (χ0n) is 15.1. The predicted molar refractivity (Wildman–Crippen MR) is 108 cm³/mol. The van der Waals surface area contributed by atoms with Crippen LogP contribution in [0.15, 0.2) is 40.9 Å². The van der Waals surface area contributed by atoms with Crippen molar-refractivity contribution in [2.75, 3.05) is 11.4 Å². The van der Waals surface area contributed by atoms with Crippen molar-refractivity contribution in [3.05, 3.63) is 68.9 Å². The molecular weight excluding hydrogens is 383 g/mol. The van der Waals surface area contributed by atoms with Crippen LogP contribution in [0.3, 0.4) is 0 Å². The Morgan fingerprint density at radius 1 is 1.11 bits per heavy atom. The molecule has 2 heterocycles. The van der Waals surface area contributed by atoms with Gasteiger partial charge in [-0.15, -0.1) is 0 Å². The number of aromatic nitrogens is 1. The molecule has 0 unspecified atom stereocenters. The smallest absolute Gasteiger partial charge is 0.264 e. The minimum atomic E-state index is -0.144. The van der Waals surface area contributed by atoms with Gasteiger partial charge < -0.3 is 9.42 Å². The Bertz CT molecular complexity index is 1020. The first-order chi connectivity index (χ1) is 13.0. The lowest BCUT2D eigenvalue weighted by atomic mass is 9.96. The van der Waals surface area contributed by atoms with Crippen LogP contribution in [0.5, 0.6) is 0 Å². The predicted octanol–water partition coefficient (Wildman–Crippen LogP) is 5.86. The molecule has 138 valence electrons. The van der Waals surface area contributed by atoms with Crippen LogP contribution in [0, 0.1) is 13.8 Å². The molecule has 0 saturated heterocycles. The molecule has 4 nitrogen and oxygen atoms in total. The number of halogens is 2. The summed E-state index contributed by atoms with van der Waals surface area (Å²) in [4.78, 5) is 15.4. The summed E-state index contributed by atoms with van der Waals surface area (Å²) in [6.45, 7) is 4.41. The molecule has 2 aromatic carbocycles. The van der Waals surface area contributed by atoms with Crippen LogP contribution in [-0.4, -0.2) is 17.6 Å². The Balaban J connectivity index is 1.85. The minimum absolute atomic E-state index is 0.144. The Morgan fingerprint density at radius 3 is 2.56 bits per heavy atom. The van der Waals surface area contributed by atoms with Gasteiger partial charge in [-0.2, -0.15) is 0 Å². The maximum atomic E-state index is 13.6. The number of rotatable bonds is 2. The lowest BCUT2D eigenvalue weighted by Gasteiger charge is -2.31. The van der Waals surface area contributed by atoms with E-state index in [4.69, 9.17) is 27.7 Å². The molecule has 1 aliphatic rings. The summed E-state index contributed by atoms with van der Waals surface area (Å²) in [6.07, 6.45) is 1.88. The Kier molecular flexibility index (Phi) is 4.70. The number of para-hydroxylation sites is 1. The number of benzene rings is 2. The van der Waals surface area contributed by atoms with Gasteiger partial charge in [0.25, 0.3) is 5.91 Å². The summed E-state index contributed by atoms with van der Waals surface area (Å²) in [5.74, 6) is 0.307. The molecule has 0 atom stereocenters. The van der Waals surface area contributed by atoms with Crippen LogP contribution in [0.25, 0.3) is 11.3 Å². The maximum Gasteiger partial charge on any atom is 0.264 e. The van der Waals surface area contributed by atoms with Crippen LogP contribution >= 0.6 is 23.2 Å². The highest BCUT2D eigenvalue weighted by Gasteiger charge is 2.31. The molecule has 4 rings (SSSR count). The van der Waals surface area contributed by atoms with Gasteiger partial charge in [0.2, 0.25) is 0 Å². The van der Waals surface area contributed by atoms with E-state index in [1.807, 2.05) is 24.0 Å². The molecule has 0 fully saturated rings. The number of nitrogens with zero attached hydrogens (tertiary/aromatic N) is 2. The lowest BCUT2D eigenvalue weighted by molar-refractivity contribution is 0.0984.